The van der Waals surface area contributed by atoms with E-state index in [9.17, 15) is 0 Å². The molecule has 0 aromatic carbocycles. The third-order valence-corrected chi connectivity index (χ3v) is 2.31. The highest BCUT2D eigenvalue weighted by molar-refractivity contribution is 9.10. The molecule has 0 aliphatic heterocycles. The molecule has 2 aromatic heterocycles. The number of nitrogens with two attached hydrogens (primary N) is 1. The van der Waals surface area contributed by atoms with Gasteiger partial charge in [-0.05, 0) is 28.1 Å². The van der Waals surface area contributed by atoms with Crippen molar-refractivity contribution in [3.05, 3.63) is 23.0 Å². The smallest absolute Gasteiger partial charge is 0.257 e. The van der Waals surface area contributed by atoms with Crippen molar-refractivity contribution in [2.75, 3.05) is 12.8 Å². The monoisotopic (exact) mass is 269 g/mol. The number of nitrogen functional groups attached to an aromatic ring is 1. The fourth-order valence-corrected chi connectivity index (χ4v) is 1.49. The normalized spacial score (nSPS) is 10.3. The number of rotatable bonds is 2. The zero-order valence-electron chi connectivity index (χ0n) is 7.90. The summed E-state index contributed by atoms with van der Waals surface area (Å²) in [6, 6.07) is 3.57. The average molecular weight is 270 g/mol. The number of methoxy groups -OCH3 is 1. The molecule has 0 bridgehead atoms. The molecular formula is C9H8BrN3O2. The van der Waals surface area contributed by atoms with Crippen LogP contribution >= 0.6 is 15.9 Å². The lowest BCUT2D eigenvalue weighted by Crippen LogP contribution is -1.99. The van der Waals surface area contributed by atoms with Crippen LogP contribution in [-0.2, 0) is 0 Å². The Labute approximate surface area is 94.4 Å². The van der Waals surface area contributed by atoms with Crippen molar-refractivity contribution in [3.8, 4) is 17.2 Å². The van der Waals surface area contributed by atoms with Gasteiger partial charge < -0.3 is 14.9 Å². The highest BCUT2D eigenvalue weighted by Gasteiger charge is 2.12. The molecule has 0 atom stereocenters. The fraction of sp³-hybridized carbons (Fsp3) is 0.111. The molecule has 0 saturated heterocycles. The highest BCUT2D eigenvalue weighted by atomic mass is 79.9. The van der Waals surface area contributed by atoms with Crippen LogP contribution in [0.5, 0.6) is 5.88 Å². The minimum atomic E-state index is 0.292. The highest BCUT2D eigenvalue weighted by Crippen LogP contribution is 2.32. The zero-order valence-corrected chi connectivity index (χ0v) is 9.48. The molecule has 0 fully saturated rings. The Morgan fingerprint density at radius 3 is 2.87 bits per heavy atom. The predicted molar refractivity (Wildman–Crippen MR) is 58.4 cm³/mol. The van der Waals surface area contributed by atoms with Crippen LogP contribution in [0.25, 0.3) is 11.3 Å². The van der Waals surface area contributed by atoms with Crippen LogP contribution < -0.4 is 10.5 Å². The van der Waals surface area contributed by atoms with Gasteiger partial charge in [0.05, 0.1) is 18.9 Å². The molecule has 2 heterocycles. The van der Waals surface area contributed by atoms with Crippen molar-refractivity contribution in [3.63, 3.8) is 0 Å². The first-order valence-electron chi connectivity index (χ1n) is 4.13. The second-order valence-corrected chi connectivity index (χ2v) is 3.57. The predicted octanol–water partition coefficient (Wildman–Crippen LogP) is 2.09. The standard InChI is InChI=1S/C9H8BrN3O2/c1-14-9-8(11)5(4-12-13-9)6-2-3-7(10)15-6/h2-4H,1H3,(H2,11,12). The number of furan rings is 1. The van der Waals surface area contributed by atoms with Gasteiger partial charge in [0.2, 0.25) is 0 Å². The van der Waals surface area contributed by atoms with E-state index >= 15 is 0 Å². The van der Waals surface area contributed by atoms with Gasteiger partial charge in [-0.15, -0.1) is 5.10 Å². The van der Waals surface area contributed by atoms with Crippen molar-refractivity contribution in [1.82, 2.24) is 10.2 Å². The largest absolute Gasteiger partial charge is 0.478 e. The van der Waals surface area contributed by atoms with Gasteiger partial charge in [0.25, 0.3) is 5.88 Å². The molecule has 0 amide bonds. The lowest BCUT2D eigenvalue weighted by Gasteiger charge is -2.04. The number of hydrogen-bond acceptors (Lipinski definition) is 5. The van der Waals surface area contributed by atoms with E-state index in [4.69, 9.17) is 14.9 Å². The van der Waals surface area contributed by atoms with Crippen LogP contribution in [0.15, 0.2) is 27.4 Å². The van der Waals surface area contributed by atoms with Crippen molar-refractivity contribution >= 4 is 21.6 Å². The Hall–Kier alpha value is -1.56. The van der Waals surface area contributed by atoms with E-state index in [-0.39, 0.29) is 0 Å². The Morgan fingerprint density at radius 2 is 2.27 bits per heavy atom. The first-order chi connectivity index (χ1) is 7.22. The SMILES string of the molecule is COc1nncc(-c2ccc(Br)o2)c1N. The van der Waals surface area contributed by atoms with Crippen LogP contribution in [0, 0.1) is 0 Å². The summed E-state index contributed by atoms with van der Waals surface area (Å²) >= 11 is 3.21. The minimum Gasteiger partial charge on any atom is -0.478 e. The maximum atomic E-state index is 5.83. The fourth-order valence-electron chi connectivity index (χ4n) is 1.18. The Morgan fingerprint density at radius 1 is 1.47 bits per heavy atom. The Bertz CT molecular complexity index is 484. The van der Waals surface area contributed by atoms with Crippen LogP contribution in [0.1, 0.15) is 0 Å². The van der Waals surface area contributed by atoms with E-state index in [1.54, 1.807) is 12.1 Å². The van der Waals surface area contributed by atoms with E-state index in [2.05, 4.69) is 26.1 Å². The molecule has 15 heavy (non-hydrogen) atoms. The maximum Gasteiger partial charge on any atom is 0.257 e. The van der Waals surface area contributed by atoms with Gasteiger partial charge in [-0.2, -0.15) is 5.10 Å². The lowest BCUT2D eigenvalue weighted by atomic mass is 10.2. The molecular weight excluding hydrogens is 262 g/mol. The van der Waals surface area contributed by atoms with Gasteiger partial charge in [0, 0.05) is 0 Å². The summed E-state index contributed by atoms with van der Waals surface area (Å²) in [5, 5.41) is 7.51. The summed E-state index contributed by atoms with van der Waals surface area (Å²) in [5.74, 6) is 0.910. The van der Waals surface area contributed by atoms with Crippen LogP contribution in [0.3, 0.4) is 0 Å². The van der Waals surface area contributed by atoms with Gasteiger partial charge in [-0.1, -0.05) is 0 Å². The van der Waals surface area contributed by atoms with Crippen molar-refractivity contribution < 1.29 is 9.15 Å². The average Bonchev–Trinajstić information content (AvgIpc) is 2.65. The van der Waals surface area contributed by atoms with Crippen LogP contribution in [-0.4, -0.2) is 17.3 Å². The molecule has 0 unspecified atom stereocenters. The summed E-state index contributed by atoms with van der Waals surface area (Å²) < 4.78 is 11.0. The summed E-state index contributed by atoms with van der Waals surface area (Å²) in [4.78, 5) is 0. The van der Waals surface area contributed by atoms with Gasteiger partial charge >= 0.3 is 0 Å². The first kappa shape index (κ1) is 9.97. The van der Waals surface area contributed by atoms with Gasteiger partial charge in [0.15, 0.2) is 4.67 Å². The van der Waals surface area contributed by atoms with Crippen molar-refractivity contribution in [1.29, 1.82) is 0 Å². The van der Waals surface area contributed by atoms with E-state index < -0.39 is 0 Å². The molecule has 0 saturated carbocycles. The summed E-state index contributed by atoms with van der Waals surface area (Å²) in [6.07, 6.45) is 1.53. The minimum absolute atomic E-state index is 0.292. The first-order valence-corrected chi connectivity index (χ1v) is 4.92. The number of anilines is 1. The van der Waals surface area contributed by atoms with Crippen molar-refractivity contribution in [2.45, 2.75) is 0 Å². The van der Waals surface area contributed by atoms with Gasteiger partial charge in [-0.3, -0.25) is 0 Å². The van der Waals surface area contributed by atoms with E-state index in [0.717, 1.165) is 0 Å². The number of halogens is 1. The third-order valence-electron chi connectivity index (χ3n) is 1.89. The maximum absolute atomic E-state index is 5.83. The van der Waals surface area contributed by atoms with Crippen LogP contribution in [0.4, 0.5) is 5.69 Å². The number of hydrogen-bond donors (Lipinski definition) is 1. The molecule has 0 aliphatic carbocycles. The second-order valence-electron chi connectivity index (χ2n) is 2.78. The molecule has 2 N–H and O–H groups in total. The van der Waals surface area contributed by atoms with E-state index in [0.29, 0.717) is 27.6 Å². The van der Waals surface area contributed by atoms with Crippen LogP contribution in [0.2, 0.25) is 0 Å². The number of nitrogens with zero attached hydrogens (tertiary/aromatic N) is 2. The number of aromatic nitrogens is 2. The quantitative estimate of drug-likeness (QED) is 0.904. The molecule has 0 radical (unpaired) electrons. The molecule has 5 nitrogen and oxygen atoms in total. The molecule has 2 aromatic rings. The topological polar surface area (TPSA) is 74.2 Å². The summed E-state index contributed by atoms with van der Waals surface area (Å²) in [7, 11) is 1.49. The molecule has 6 heteroatoms. The Kier molecular flexibility index (Phi) is 2.59. The zero-order chi connectivity index (χ0) is 10.8. The Balaban J connectivity index is 2.53. The van der Waals surface area contributed by atoms with E-state index in [1.165, 1.54) is 13.3 Å². The molecule has 78 valence electrons. The lowest BCUT2D eigenvalue weighted by molar-refractivity contribution is 0.394. The second kappa shape index (κ2) is 3.90. The van der Waals surface area contributed by atoms with Gasteiger partial charge in [0.1, 0.15) is 11.4 Å². The number of ether oxygens (including phenoxy) is 1. The van der Waals surface area contributed by atoms with Gasteiger partial charge in [-0.25, -0.2) is 0 Å². The molecule has 0 spiro atoms. The third kappa shape index (κ3) is 1.80. The van der Waals surface area contributed by atoms with Crippen molar-refractivity contribution in [2.24, 2.45) is 0 Å². The molecule has 0 aliphatic rings. The summed E-state index contributed by atoms with van der Waals surface area (Å²) in [5.41, 5.74) is 6.90. The van der Waals surface area contributed by atoms with E-state index in [1.807, 2.05) is 0 Å². The molecule has 2 rings (SSSR count). The summed E-state index contributed by atoms with van der Waals surface area (Å²) in [6.45, 7) is 0.